The van der Waals surface area contributed by atoms with Crippen LogP contribution in [0.15, 0.2) is 12.1 Å². The maximum absolute atomic E-state index is 13.4. The highest BCUT2D eigenvalue weighted by Crippen LogP contribution is 2.30. The number of aliphatic hydroxyl groups is 2. The number of nitro benzene ring substituents is 1. The minimum atomic E-state index is -1.48. The van der Waals surface area contributed by atoms with Gasteiger partial charge in [-0.15, -0.1) is 0 Å². The number of nitrogens with two attached hydrogens (primary N) is 1. The van der Waals surface area contributed by atoms with Crippen molar-refractivity contribution in [2.75, 3.05) is 11.1 Å². The molecule has 0 aliphatic carbocycles. The predicted molar refractivity (Wildman–Crippen MR) is 66.8 cm³/mol. The summed E-state index contributed by atoms with van der Waals surface area (Å²) in [5.41, 5.74) is 4.29. The van der Waals surface area contributed by atoms with Crippen molar-refractivity contribution in [2.24, 2.45) is 0 Å². The van der Waals surface area contributed by atoms with Crippen LogP contribution in [0.1, 0.15) is 18.1 Å². The van der Waals surface area contributed by atoms with Gasteiger partial charge in [0.1, 0.15) is 6.10 Å². The molecule has 8 heteroatoms. The SMILES string of the molecule is Nc1c(F)cc([N+](=O)[O-])cc1C(O)C(O)CCBr. The highest BCUT2D eigenvalue weighted by Gasteiger charge is 2.24. The van der Waals surface area contributed by atoms with Gasteiger partial charge in [0.2, 0.25) is 0 Å². The third-order valence-corrected chi connectivity index (χ3v) is 2.90. The number of halogens is 2. The molecule has 6 nitrogen and oxygen atoms in total. The van der Waals surface area contributed by atoms with Crippen LogP contribution >= 0.6 is 15.9 Å². The number of hydrogen-bond donors (Lipinski definition) is 3. The molecule has 0 amide bonds. The van der Waals surface area contributed by atoms with Gasteiger partial charge < -0.3 is 15.9 Å². The zero-order valence-corrected chi connectivity index (χ0v) is 10.8. The van der Waals surface area contributed by atoms with E-state index in [9.17, 15) is 24.7 Å². The largest absolute Gasteiger partial charge is 0.396 e. The van der Waals surface area contributed by atoms with E-state index in [1.165, 1.54) is 0 Å². The second-order valence-corrected chi connectivity index (χ2v) is 4.47. The first kappa shape index (κ1) is 14.8. The molecule has 0 fully saturated rings. The first-order chi connectivity index (χ1) is 8.38. The average Bonchev–Trinajstić information content (AvgIpc) is 2.31. The van der Waals surface area contributed by atoms with Crippen molar-refractivity contribution in [1.82, 2.24) is 0 Å². The molecular weight excluding hydrogens is 311 g/mol. The number of alkyl halides is 1. The first-order valence-electron chi connectivity index (χ1n) is 5.04. The number of non-ortho nitro benzene ring substituents is 1. The monoisotopic (exact) mass is 322 g/mol. The van der Waals surface area contributed by atoms with Gasteiger partial charge in [-0.3, -0.25) is 10.1 Å². The lowest BCUT2D eigenvalue weighted by atomic mass is 10.00. The Balaban J connectivity index is 3.18. The fourth-order valence-corrected chi connectivity index (χ4v) is 1.92. The number of anilines is 1. The molecule has 0 saturated carbocycles. The molecule has 1 aromatic rings. The van der Waals surface area contributed by atoms with Crippen LogP contribution in [-0.4, -0.2) is 26.6 Å². The zero-order chi connectivity index (χ0) is 13.9. The van der Waals surface area contributed by atoms with Crippen molar-refractivity contribution < 1.29 is 19.5 Å². The van der Waals surface area contributed by atoms with Crippen molar-refractivity contribution in [3.63, 3.8) is 0 Å². The molecule has 0 spiro atoms. The molecule has 0 aliphatic rings. The lowest BCUT2D eigenvalue weighted by Gasteiger charge is -2.18. The zero-order valence-electron chi connectivity index (χ0n) is 9.22. The molecule has 0 saturated heterocycles. The van der Waals surface area contributed by atoms with Crippen LogP contribution in [-0.2, 0) is 0 Å². The summed E-state index contributed by atoms with van der Waals surface area (Å²) in [6, 6.07) is 1.63. The maximum Gasteiger partial charge on any atom is 0.272 e. The van der Waals surface area contributed by atoms with Crippen molar-refractivity contribution in [2.45, 2.75) is 18.6 Å². The van der Waals surface area contributed by atoms with E-state index in [1.54, 1.807) is 0 Å². The number of rotatable bonds is 5. The van der Waals surface area contributed by atoms with Crippen LogP contribution in [0.3, 0.4) is 0 Å². The van der Waals surface area contributed by atoms with Crippen molar-refractivity contribution in [3.05, 3.63) is 33.6 Å². The number of nitrogen functional groups attached to an aromatic ring is 1. The molecule has 2 atom stereocenters. The Kier molecular flexibility index (Phi) is 5.00. The van der Waals surface area contributed by atoms with E-state index in [1.807, 2.05) is 0 Å². The molecular formula is C10H12BrFN2O4. The maximum atomic E-state index is 13.4. The van der Waals surface area contributed by atoms with E-state index in [-0.39, 0.29) is 12.0 Å². The Hall–Kier alpha value is -1.25. The Bertz CT molecular complexity index is 458. The molecule has 0 radical (unpaired) electrons. The Morgan fingerprint density at radius 3 is 2.61 bits per heavy atom. The van der Waals surface area contributed by atoms with E-state index in [0.29, 0.717) is 11.4 Å². The van der Waals surface area contributed by atoms with E-state index >= 15 is 0 Å². The van der Waals surface area contributed by atoms with Crippen molar-refractivity contribution in [1.29, 1.82) is 0 Å². The molecule has 2 unspecified atom stereocenters. The van der Waals surface area contributed by atoms with Crippen LogP contribution in [0.5, 0.6) is 0 Å². The summed E-state index contributed by atoms with van der Waals surface area (Å²) in [6.45, 7) is 0. The number of nitro groups is 1. The Morgan fingerprint density at radius 1 is 1.50 bits per heavy atom. The highest BCUT2D eigenvalue weighted by atomic mass is 79.9. The van der Waals surface area contributed by atoms with Gasteiger partial charge in [0.15, 0.2) is 5.82 Å². The molecule has 18 heavy (non-hydrogen) atoms. The van der Waals surface area contributed by atoms with E-state index < -0.39 is 34.3 Å². The fourth-order valence-electron chi connectivity index (χ4n) is 1.45. The quantitative estimate of drug-likeness (QED) is 0.329. The lowest BCUT2D eigenvalue weighted by Crippen LogP contribution is -2.20. The van der Waals surface area contributed by atoms with Gasteiger partial charge in [0.05, 0.1) is 22.8 Å². The topological polar surface area (TPSA) is 110 Å². The summed E-state index contributed by atoms with van der Waals surface area (Å²) in [5, 5.41) is 30.4. The van der Waals surface area contributed by atoms with Gasteiger partial charge in [0, 0.05) is 17.0 Å². The van der Waals surface area contributed by atoms with E-state index in [4.69, 9.17) is 5.73 Å². The molecule has 100 valence electrons. The van der Waals surface area contributed by atoms with Crippen LogP contribution in [0.2, 0.25) is 0 Å². The highest BCUT2D eigenvalue weighted by molar-refractivity contribution is 9.09. The summed E-state index contributed by atoms with van der Waals surface area (Å²) in [5.74, 6) is -0.996. The van der Waals surface area contributed by atoms with Crippen molar-refractivity contribution >= 4 is 27.3 Å². The summed E-state index contributed by atoms with van der Waals surface area (Å²) in [6.07, 6.45) is -2.46. The molecule has 0 bridgehead atoms. The minimum absolute atomic E-state index is 0.185. The standard InChI is InChI=1S/C10H12BrFN2O4/c11-2-1-8(15)10(16)6-3-5(14(17)18)4-7(12)9(6)13/h3-4,8,10,15-16H,1-2,13H2. The minimum Gasteiger partial charge on any atom is -0.396 e. The third kappa shape index (κ3) is 3.15. The molecule has 0 heterocycles. The second-order valence-electron chi connectivity index (χ2n) is 3.68. The number of nitrogens with zero attached hydrogens (tertiary/aromatic N) is 1. The molecule has 1 rings (SSSR count). The average molecular weight is 323 g/mol. The lowest BCUT2D eigenvalue weighted by molar-refractivity contribution is -0.385. The summed E-state index contributed by atoms with van der Waals surface area (Å²) >= 11 is 3.08. The first-order valence-corrected chi connectivity index (χ1v) is 6.16. The smallest absolute Gasteiger partial charge is 0.272 e. The number of hydrogen-bond acceptors (Lipinski definition) is 5. The normalized spacial score (nSPS) is 14.2. The van der Waals surface area contributed by atoms with E-state index in [0.717, 1.165) is 6.07 Å². The third-order valence-electron chi connectivity index (χ3n) is 2.45. The van der Waals surface area contributed by atoms with Gasteiger partial charge in [0.25, 0.3) is 5.69 Å². The van der Waals surface area contributed by atoms with Gasteiger partial charge in [-0.25, -0.2) is 4.39 Å². The Morgan fingerprint density at radius 2 is 2.11 bits per heavy atom. The van der Waals surface area contributed by atoms with Gasteiger partial charge in [-0.1, -0.05) is 15.9 Å². The molecule has 4 N–H and O–H groups in total. The summed E-state index contributed by atoms with van der Waals surface area (Å²) in [7, 11) is 0. The summed E-state index contributed by atoms with van der Waals surface area (Å²) in [4.78, 5) is 9.79. The van der Waals surface area contributed by atoms with Gasteiger partial charge >= 0.3 is 0 Å². The fraction of sp³-hybridized carbons (Fsp3) is 0.400. The molecule has 0 aromatic heterocycles. The summed E-state index contributed by atoms with van der Waals surface area (Å²) < 4.78 is 13.4. The van der Waals surface area contributed by atoms with E-state index in [2.05, 4.69) is 15.9 Å². The van der Waals surface area contributed by atoms with Crippen molar-refractivity contribution in [3.8, 4) is 0 Å². The molecule has 1 aromatic carbocycles. The van der Waals surface area contributed by atoms with Crippen LogP contribution in [0, 0.1) is 15.9 Å². The van der Waals surface area contributed by atoms with Gasteiger partial charge in [-0.05, 0) is 6.42 Å². The van der Waals surface area contributed by atoms with Gasteiger partial charge in [-0.2, -0.15) is 0 Å². The molecule has 0 aliphatic heterocycles. The number of benzene rings is 1. The second kappa shape index (κ2) is 6.07. The Labute approximate surface area is 111 Å². The number of aliphatic hydroxyl groups excluding tert-OH is 2. The predicted octanol–water partition coefficient (Wildman–Crippen LogP) is 1.50. The van der Waals surface area contributed by atoms with Crippen LogP contribution < -0.4 is 5.73 Å². The van der Waals surface area contributed by atoms with Crippen LogP contribution in [0.4, 0.5) is 15.8 Å². The van der Waals surface area contributed by atoms with Crippen LogP contribution in [0.25, 0.3) is 0 Å².